The number of anilines is 1. The number of nitrogens with zero attached hydrogens (tertiary/aromatic N) is 4. The van der Waals surface area contributed by atoms with Gasteiger partial charge >= 0.3 is 5.97 Å². The minimum atomic E-state index is -0.961. The fourth-order valence-corrected chi connectivity index (χ4v) is 1.85. The summed E-state index contributed by atoms with van der Waals surface area (Å²) in [6, 6.07) is 0. The van der Waals surface area contributed by atoms with Crippen LogP contribution in [0.3, 0.4) is 0 Å². The first kappa shape index (κ1) is 10.6. The number of carboxylic acid groups (broad SMARTS) is 1. The van der Waals surface area contributed by atoms with Crippen molar-refractivity contribution < 1.29 is 9.90 Å². The number of hydrogen-bond donors (Lipinski definition) is 2. The highest BCUT2D eigenvalue weighted by Crippen LogP contribution is 2.22. The van der Waals surface area contributed by atoms with E-state index >= 15 is 0 Å². The van der Waals surface area contributed by atoms with Gasteiger partial charge in [-0.15, -0.1) is 0 Å². The Bertz CT molecular complexity index is 480. The highest BCUT2D eigenvalue weighted by atomic mass is 32.1. The number of carboxylic acids is 1. The number of H-pyrrole nitrogens is 1. The maximum atomic E-state index is 10.7. The summed E-state index contributed by atoms with van der Waals surface area (Å²) in [5, 5.41) is 15.8. The second kappa shape index (κ2) is 4.27. The molecule has 0 saturated heterocycles. The average molecular weight is 239 g/mol. The zero-order chi connectivity index (χ0) is 11.5. The molecule has 84 valence electrons. The van der Waals surface area contributed by atoms with Crippen LogP contribution in [0.5, 0.6) is 0 Å². The van der Waals surface area contributed by atoms with Gasteiger partial charge in [0, 0.05) is 7.05 Å². The van der Waals surface area contributed by atoms with Crippen LogP contribution in [0.1, 0.15) is 15.5 Å². The van der Waals surface area contributed by atoms with Crippen LogP contribution < -0.4 is 4.90 Å². The molecule has 2 aromatic rings. The highest BCUT2D eigenvalue weighted by Gasteiger charge is 2.12. The zero-order valence-corrected chi connectivity index (χ0v) is 9.23. The SMILES string of the molecule is CN(Cc1ncn[nH]1)c1ncc(C(=O)O)s1. The molecular weight excluding hydrogens is 230 g/mol. The molecule has 2 aromatic heterocycles. The number of rotatable bonds is 4. The van der Waals surface area contributed by atoms with Crippen molar-refractivity contribution >= 4 is 22.4 Å². The number of hydrogen-bond acceptors (Lipinski definition) is 6. The molecule has 0 saturated carbocycles. The molecule has 2 heterocycles. The summed E-state index contributed by atoms with van der Waals surface area (Å²) in [5.41, 5.74) is 0. The molecule has 0 spiro atoms. The molecule has 2 N–H and O–H groups in total. The predicted octanol–water partition coefficient (Wildman–Crippen LogP) is 0.596. The summed E-state index contributed by atoms with van der Waals surface area (Å²) >= 11 is 1.12. The summed E-state index contributed by atoms with van der Waals surface area (Å²) in [6.45, 7) is 0.507. The van der Waals surface area contributed by atoms with Crippen LogP contribution in [-0.2, 0) is 6.54 Å². The number of aromatic nitrogens is 4. The molecule has 16 heavy (non-hydrogen) atoms. The molecule has 0 amide bonds. The Morgan fingerprint density at radius 2 is 2.44 bits per heavy atom. The van der Waals surface area contributed by atoms with Crippen molar-refractivity contribution in [2.75, 3.05) is 11.9 Å². The lowest BCUT2D eigenvalue weighted by Gasteiger charge is -2.12. The predicted molar refractivity (Wildman–Crippen MR) is 57.6 cm³/mol. The standard InChI is InChI=1S/C8H9N5O2S/c1-13(3-6-10-4-11-12-6)8-9-2-5(16-8)7(14)15/h2,4H,3H2,1H3,(H,14,15)(H,10,11,12). The minimum absolute atomic E-state index is 0.222. The topological polar surface area (TPSA) is 95.0 Å². The Morgan fingerprint density at radius 1 is 1.62 bits per heavy atom. The quantitative estimate of drug-likeness (QED) is 0.811. The maximum absolute atomic E-state index is 10.7. The highest BCUT2D eigenvalue weighted by molar-refractivity contribution is 7.17. The van der Waals surface area contributed by atoms with Crippen molar-refractivity contribution in [2.45, 2.75) is 6.54 Å². The lowest BCUT2D eigenvalue weighted by molar-refractivity contribution is 0.0702. The minimum Gasteiger partial charge on any atom is -0.477 e. The maximum Gasteiger partial charge on any atom is 0.347 e. The van der Waals surface area contributed by atoms with Crippen LogP contribution in [0.2, 0.25) is 0 Å². The molecule has 0 aliphatic heterocycles. The Balaban J connectivity index is 2.08. The van der Waals surface area contributed by atoms with E-state index in [1.54, 1.807) is 4.90 Å². The van der Waals surface area contributed by atoms with E-state index in [-0.39, 0.29) is 4.88 Å². The molecule has 0 bridgehead atoms. The van der Waals surface area contributed by atoms with Gasteiger partial charge in [-0.3, -0.25) is 5.10 Å². The third kappa shape index (κ3) is 2.16. The van der Waals surface area contributed by atoms with E-state index in [1.807, 2.05) is 7.05 Å². The van der Waals surface area contributed by atoms with Crippen LogP contribution >= 0.6 is 11.3 Å². The zero-order valence-electron chi connectivity index (χ0n) is 8.41. The second-order valence-corrected chi connectivity index (χ2v) is 4.11. The molecule has 8 heteroatoms. The Kier molecular flexibility index (Phi) is 2.82. The molecule has 0 aromatic carbocycles. The second-order valence-electron chi connectivity index (χ2n) is 3.10. The van der Waals surface area contributed by atoms with E-state index in [1.165, 1.54) is 12.5 Å². The lowest BCUT2D eigenvalue weighted by atomic mass is 10.5. The smallest absolute Gasteiger partial charge is 0.347 e. The number of aromatic amines is 1. The van der Waals surface area contributed by atoms with Crippen LogP contribution in [0, 0.1) is 0 Å². The van der Waals surface area contributed by atoms with E-state index in [0.29, 0.717) is 17.5 Å². The average Bonchev–Trinajstić information content (AvgIpc) is 2.86. The van der Waals surface area contributed by atoms with E-state index < -0.39 is 5.97 Å². The molecule has 0 aliphatic rings. The summed E-state index contributed by atoms with van der Waals surface area (Å²) < 4.78 is 0. The van der Waals surface area contributed by atoms with Gasteiger partial charge in [0.15, 0.2) is 5.13 Å². The first-order valence-corrected chi connectivity index (χ1v) is 5.23. The van der Waals surface area contributed by atoms with Crippen LogP contribution in [-0.4, -0.2) is 38.3 Å². The van der Waals surface area contributed by atoms with Gasteiger partial charge in [0.1, 0.15) is 17.0 Å². The van der Waals surface area contributed by atoms with E-state index in [0.717, 1.165) is 11.3 Å². The van der Waals surface area contributed by atoms with Crippen molar-refractivity contribution in [1.29, 1.82) is 0 Å². The van der Waals surface area contributed by atoms with Crippen molar-refractivity contribution in [3.63, 3.8) is 0 Å². The molecular formula is C8H9N5O2S. The molecule has 0 aliphatic carbocycles. The van der Waals surface area contributed by atoms with Gasteiger partial charge in [0.05, 0.1) is 12.7 Å². The third-order valence-electron chi connectivity index (χ3n) is 1.88. The summed E-state index contributed by atoms with van der Waals surface area (Å²) in [7, 11) is 1.81. The summed E-state index contributed by atoms with van der Waals surface area (Å²) in [4.78, 5) is 20.7. The first-order valence-electron chi connectivity index (χ1n) is 4.41. The van der Waals surface area contributed by atoms with Gasteiger partial charge in [-0.05, 0) is 0 Å². The Labute approximate surface area is 94.8 Å². The summed E-state index contributed by atoms with van der Waals surface area (Å²) in [6.07, 6.45) is 2.77. The normalized spacial score (nSPS) is 10.3. The monoisotopic (exact) mass is 239 g/mol. The molecule has 0 atom stereocenters. The van der Waals surface area contributed by atoms with E-state index in [4.69, 9.17) is 5.11 Å². The van der Waals surface area contributed by atoms with Gasteiger partial charge in [0.25, 0.3) is 0 Å². The molecule has 7 nitrogen and oxygen atoms in total. The fraction of sp³-hybridized carbons (Fsp3) is 0.250. The van der Waals surface area contributed by atoms with Gasteiger partial charge in [-0.2, -0.15) is 5.10 Å². The number of aromatic carboxylic acids is 1. The van der Waals surface area contributed by atoms with Crippen molar-refractivity contribution in [1.82, 2.24) is 20.2 Å². The van der Waals surface area contributed by atoms with Crippen molar-refractivity contribution in [3.8, 4) is 0 Å². The Hall–Kier alpha value is -1.96. The number of thiazole rings is 1. The number of nitrogens with one attached hydrogen (secondary N) is 1. The van der Waals surface area contributed by atoms with E-state index in [9.17, 15) is 4.79 Å². The molecule has 2 rings (SSSR count). The van der Waals surface area contributed by atoms with Crippen LogP contribution in [0.15, 0.2) is 12.5 Å². The first-order chi connectivity index (χ1) is 7.66. The van der Waals surface area contributed by atoms with Gasteiger partial charge in [-0.1, -0.05) is 11.3 Å². The van der Waals surface area contributed by atoms with Gasteiger partial charge in [-0.25, -0.2) is 14.8 Å². The Morgan fingerprint density at radius 3 is 3.00 bits per heavy atom. The summed E-state index contributed by atoms with van der Waals surface area (Å²) in [5.74, 6) is -0.258. The third-order valence-corrected chi connectivity index (χ3v) is 2.98. The number of carbonyl (C=O) groups is 1. The van der Waals surface area contributed by atoms with Crippen molar-refractivity contribution in [2.24, 2.45) is 0 Å². The lowest BCUT2D eigenvalue weighted by Crippen LogP contribution is -2.16. The molecule has 0 unspecified atom stereocenters. The van der Waals surface area contributed by atoms with E-state index in [2.05, 4.69) is 20.2 Å². The van der Waals surface area contributed by atoms with Crippen LogP contribution in [0.4, 0.5) is 5.13 Å². The van der Waals surface area contributed by atoms with Crippen LogP contribution in [0.25, 0.3) is 0 Å². The fourth-order valence-electron chi connectivity index (χ4n) is 1.14. The molecule has 0 radical (unpaired) electrons. The van der Waals surface area contributed by atoms with Crippen molar-refractivity contribution in [3.05, 3.63) is 23.2 Å². The van der Waals surface area contributed by atoms with Gasteiger partial charge < -0.3 is 10.0 Å². The molecule has 0 fully saturated rings. The largest absolute Gasteiger partial charge is 0.477 e. The van der Waals surface area contributed by atoms with Gasteiger partial charge in [0.2, 0.25) is 0 Å².